The van der Waals surface area contributed by atoms with Crippen molar-refractivity contribution in [3.05, 3.63) is 77.5 Å². The first-order valence-electron chi connectivity index (χ1n) is 8.33. The van der Waals surface area contributed by atoms with Gasteiger partial charge in [-0.15, -0.1) is 0 Å². The van der Waals surface area contributed by atoms with Gasteiger partial charge in [-0.3, -0.25) is 4.79 Å². The maximum absolute atomic E-state index is 13.6. The van der Waals surface area contributed by atoms with Crippen LogP contribution in [0.2, 0.25) is 0 Å². The van der Waals surface area contributed by atoms with Gasteiger partial charge in [-0.2, -0.15) is 0 Å². The monoisotopic (exact) mass is 354 g/mol. The molecule has 0 spiro atoms. The Balaban J connectivity index is 1.68. The summed E-state index contributed by atoms with van der Waals surface area (Å²) in [6, 6.07) is 13.9. The van der Waals surface area contributed by atoms with E-state index >= 15 is 0 Å². The van der Waals surface area contributed by atoms with E-state index in [0.717, 1.165) is 17.5 Å². The first-order chi connectivity index (χ1) is 12.5. The van der Waals surface area contributed by atoms with Gasteiger partial charge in [0.05, 0.1) is 17.7 Å². The predicted octanol–water partition coefficient (Wildman–Crippen LogP) is 3.46. The number of para-hydroxylation sites is 1. The molecular formula is C20H16F2N2O2. The van der Waals surface area contributed by atoms with Gasteiger partial charge in [0, 0.05) is 11.9 Å². The zero-order chi connectivity index (χ0) is 18.3. The molecule has 132 valence electrons. The maximum Gasteiger partial charge on any atom is 0.273 e. The van der Waals surface area contributed by atoms with Gasteiger partial charge in [-0.05, 0) is 36.2 Å². The number of aliphatic hydroxyl groups is 1. The molecule has 1 N–H and O–H groups in total. The van der Waals surface area contributed by atoms with E-state index in [-0.39, 0.29) is 24.6 Å². The van der Waals surface area contributed by atoms with Gasteiger partial charge in [-0.1, -0.05) is 30.3 Å². The smallest absolute Gasteiger partial charge is 0.273 e. The second-order valence-electron chi connectivity index (χ2n) is 6.43. The van der Waals surface area contributed by atoms with Crippen LogP contribution in [0, 0.1) is 11.6 Å². The molecule has 2 aromatic carbocycles. The van der Waals surface area contributed by atoms with Crippen molar-refractivity contribution < 1.29 is 18.7 Å². The number of likely N-dealkylation sites (tertiary alicyclic amines) is 1. The number of pyridine rings is 1. The predicted molar refractivity (Wildman–Crippen MR) is 92.5 cm³/mol. The normalized spacial score (nSPS) is 19.9. The third-order valence-electron chi connectivity index (χ3n) is 4.69. The number of carbonyl (C=O) groups excluding carboxylic acids is 1. The molecule has 0 bridgehead atoms. The fourth-order valence-corrected chi connectivity index (χ4v) is 3.41. The van der Waals surface area contributed by atoms with Crippen molar-refractivity contribution in [3.63, 3.8) is 0 Å². The summed E-state index contributed by atoms with van der Waals surface area (Å²) in [5, 5.41) is 11.0. The van der Waals surface area contributed by atoms with Crippen LogP contribution in [0.5, 0.6) is 0 Å². The van der Waals surface area contributed by atoms with Crippen LogP contribution in [0.4, 0.5) is 8.78 Å². The van der Waals surface area contributed by atoms with Crippen LogP contribution in [-0.4, -0.2) is 33.5 Å². The topological polar surface area (TPSA) is 53.4 Å². The van der Waals surface area contributed by atoms with Gasteiger partial charge >= 0.3 is 0 Å². The van der Waals surface area contributed by atoms with Crippen molar-refractivity contribution in [2.24, 2.45) is 0 Å². The molecule has 0 radical (unpaired) electrons. The summed E-state index contributed by atoms with van der Waals surface area (Å²) in [7, 11) is 0. The number of hydrogen-bond acceptors (Lipinski definition) is 3. The largest absolute Gasteiger partial charge is 0.391 e. The van der Waals surface area contributed by atoms with E-state index in [1.807, 2.05) is 30.3 Å². The van der Waals surface area contributed by atoms with E-state index in [4.69, 9.17) is 0 Å². The highest BCUT2D eigenvalue weighted by atomic mass is 19.2. The molecule has 4 rings (SSSR count). The Morgan fingerprint density at radius 2 is 1.88 bits per heavy atom. The SMILES string of the molecule is O=C(c1ccc2ccccc2n1)N1CC(O)CC1c1ccc(F)c(F)c1. The summed E-state index contributed by atoms with van der Waals surface area (Å²) < 4.78 is 26.8. The number of fused-ring (bicyclic) bond motifs is 1. The molecule has 1 amide bonds. The molecule has 1 saturated heterocycles. The third kappa shape index (κ3) is 2.93. The van der Waals surface area contributed by atoms with Crippen molar-refractivity contribution >= 4 is 16.8 Å². The molecule has 2 heterocycles. The minimum Gasteiger partial charge on any atom is -0.391 e. The lowest BCUT2D eigenvalue weighted by molar-refractivity contribution is 0.0710. The second kappa shape index (κ2) is 6.46. The van der Waals surface area contributed by atoms with Gasteiger partial charge in [0.1, 0.15) is 5.69 Å². The molecule has 1 aliphatic rings. The molecular weight excluding hydrogens is 338 g/mol. The van der Waals surface area contributed by atoms with Crippen LogP contribution in [-0.2, 0) is 0 Å². The van der Waals surface area contributed by atoms with Crippen molar-refractivity contribution in [2.45, 2.75) is 18.6 Å². The number of β-amino-alcohol motifs (C(OH)–C–C–N with tert-alkyl or cyclic N) is 1. The molecule has 2 unspecified atom stereocenters. The number of carbonyl (C=O) groups is 1. The van der Waals surface area contributed by atoms with Crippen LogP contribution in [0.25, 0.3) is 10.9 Å². The average molecular weight is 354 g/mol. The first kappa shape index (κ1) is 16.6. The quantitative estimate of drug-likeness (QED) is 0.767. The molecule has 1 fully saturated rings. The standard InChI is InChI=1S/C20H16F2N2O2/c21-15-7-5-13(9-16(15)22)19-10-14(25)11-24(19)20(26)18-8-6-12-3-1-2-4-17(12)23-18/h1-9,14,19,25H,10-11H2. The summed E-state index contributed by atoms with van der Waals surface area (Å²) in [5.74, 6) is -2.26. The van der Waals surface area contributed by atoms with Crippen LogP contribution in [0.15, 0.2) is 54.6 Å². The van der Waals surface area contributed by atoms with Crippen molar-refractivity contribution in [1.82, 2.24) is 9.88 Å². The van der Waals surface area contributed by atoms with Gasteiger partial charge in [0.2, 0.25) is 0 Å². The lowest BCUT2D eigenvalue weighted by atomic mass is 10.0. The molecule has 4 nitrogen and oxygen atoms in total. The summed E-state index contributed by atoms with van der Waals surface area (Å²) in [5.41, 5.74) is 1.41. The molecule has 1 aromatic heterocycles. The molecule has 2 atom stereocenters. The van der Waals surface area contributed by atoms with Crippen molar-refractivity contribution in [3.8, 4) is 0 Å². The Hall–Kier alpha value is -2.86. The summed E-state index contributed by atoms with van der Waals surface area (Å²) in [6.45, 7) is 0.122. The number of nitrogens with zero attached hydrogens (tertiary/aromatic N) is 2. The second-order valence-corrected chi connectivity index (χ2v) is 6.43. The molecule has 1 aliphatic heterocycles. The summed E-state index contributed by atoms with van der Waals surface area (Å²) >= 11 is 0. The highest BCUT2D eigenvalue weighted by Gasteiger charge is 2.36. The maximum atomic E-state index is 13.6. The fourth-order valence-electron chi connectivity index (χ4n) is 3.41. The highest BCUT2D eigenvalue weighted by Crippen LogP contribution is 2.34. The van der Waals surface area contributed by atoms with Crippen LogP contribution >= 0.6 is 0 Å². The Kier molecular flexibility index (Phi) is 4.12. The third-order valence-corrected chi connectivity index (χ3v) is 4.69. The highest BCUT2D eigenvalue weighted by molar-refractivity contribution is 5.95. The van der Waals surface area contributed by atoms with Gasteiger partial charge < -0.3 is 10.0 Å². The van der Waals surface area contributed by atoms with E-state index in [1.54, 1.807) is 6.07 Å². The minimum absolute atomic E-state index is 0.122. The number of halogens is 2. The molecule has 26 heavy (non-hydrogen) atoms. The lowest BCUT2D eigenvalue weighted by Gasteiger charge is -2.24. The van der Waals surface area contributed by atoms with E-state index in [0.29, 0.717) is 11.1 Å². The van der Waals surface area contributed by atoms with Gasteiger partial charge in [0.25, 0.3) is 5.91 Å². The summed E-state index contributed by atoms with van der Waals surface area (Å²) in [4.78, 5) is 18.8. The molecule has 0 saturated carbocycles. The molecule has 6 heteroatoms. The van der Waals surface area contributed by atoms with Gasteiger partial charge in [-0.25, -0.2) is 13.8 Å². The zero-order valence-electron chi connectivity index (χ0n) is 13.8. The molecule has 3 aromatic rings. The Morgan fingerprint density at radius 1 is 1.08 bits per heavy atom. The Labute approximate surface area is 148 Å². The first-order valence-corrected chi connectivity index (χ1v) is 8.33. The summed E-state index contributed by atoms with van der Waals surface area (Å²) in [6.07, 6.45) is -0.456. The zero-order valence-corrected chi connectivity index (χ0v) is 13.8. The number of hydrogen-bond donors (Lipinski definition) is 1. The molecule has 0 aliphatic carbocycles. The van der Waals surface area contributed by atoms with E-state index in [2.05, 4.69) is 4.98 Å². The number of aromatic nitrogens is 1. The van der Waals surface area contributed by atoms with E-state index in [1.165, 1.54) is 11.0 Å². The number of amides is 1. The van der Waals surface area contributed by atoms with E-state index < -0.39 is 23.8 Å². The number of benzene rings is 2. The average Bonchev–Trinajstić information content (AvgIpc) is 3.04. The van der Waals surface area contributed by atoms with Gasteiger partial charge in [0.15, 0.2) is 11.6 Å². The van der Waals surface area contributed by atoms with Crippen LogP contribution in [0.3, 0.4) is 0 Å². The number of aliphatic hydroxyl groups excluding tert-OH is 1. The van der Waals surface area contributed by atoms with E-state index in [9.17, 15) is 18.7 Å². The minimum atomic E-state index is -0.972. The Morgan fingerprint density at radius 3 is 2.69 bits per heavy atom. The fraction of sp³-hybridized carbons (Fsp3) is 0.200. The van der Waals surface area contributed by atoms with Crippen molar-refractivity contribution in [1.29, 1.82) is 0 Å². The van der Waals surface area contributed by atoms with Crippen molar-refractivity contribution in [2.75, 3.05) is 6.54 Å². The number of rotatable bonds is 2. The van der Waals surface area contributed by atoms with Crippen LogP contribution in [0.1, 0.15) is 28.5 Å². The lowest BCUT2D eigenvalue weighted by Crippen LogP contribution is -2.32. The van der Waals surface area contributed by atoms with Crippen LogP contribution < -0.4 is 0 Å². The Bertz CT molecular complexity index is 992.